The Bertz CT molecular complexity index is 639. The number of amides is 1. The zero-order chi connectivity index (χ0) is 18.8. The Morgan fingerprint density at radius 2 is 1.92 bits per heavy atom. The lowest BCUT2D eigenvalue weighted by Gasteiger charge is -2.31. The maximum Gasteiger partial charge on any atom is 0.406 e. The molecule has 1 aliphatic carbocycles. The van der Waals surface area contributed by atoms with Crippen LogP contribution in [0.2, 0.25) is 0 Å². The predicted octanol–water partition coefficient (Wildman–Crippen LogP) is 4.86. The first-order valence-electron chi connectivity index (χ1n) is 7.88. The number of thiophene rings is 1. The highest BCUT2D eigenvalue weighted by Crippen LogP contribution is 2.37. The first-order chi connectivity index (χ1) is 11.6. The number of esters is 1. The summed E-state index contributed by atoms with van der Waals surface area (Å²) in [5.41, 5.74) is -0.0119. The number of hydrogen-bond acceptors (Lipinski definition) is 4. The number of rotatable bonds is 4. The van der Waals surface area contributed by atoms with Crippen LogP contribution in [0, 0.1) is 14.7 Å². The normalized spacial score (nSPS) is 21.0. The molecule has 1 amide bonds. The topological polar surface area (TPSA) is 46.6 Å². The van der Waals surface area contributed by atoms with Crippen molar-refractivity contribution in [3.63, 3.8) is 0 Å². The van der Waals surface area contributed by atoms with Crippen molar-refractivity contribution >= 4 is 51.5 Å². The average molecular weight is 489 g/mol. The van der Waals surface area contributed by atoms with E-state index in [0.717, 1.165) is 31.3 Å². The molecule has 140 valence electrons. The second-order valence-corrected chi connectivity index (χ2v) is 9.20. The van der Waals surface area contributed by atoms with Gasteiger partial charge in [-0.25, -0.2) is 4.79 Å². The van der Waals surface area contributed by atoms with E-state index in [1.54, 1.807) is 0 Å². The molecule has 1 aliphatic rings. The Balaban J connectivity index is 2.36. The van der Waals surface area contributed by atoms with Crippen LogP contribution in [0.3, 0.4) is 0 Å². The summed E-state index contributed by atoms with van der Waals surface area (Å²) in [5, 5.41) is 0. The third-order valence-electron chi connectivity index (χ3n) is 4.31. The predicted molar refractivity (Wildman–Crippen MR) is 97.9 cm³/mol. The average Bonchev–Trinajstić information content (AvgIpc) is 2.93. The van der Waals surface area contributed by atoms with Gasteiger partial charge in [-0.1, -0.05) is 6.92 Å². The van der Waals surface area contributed by atoms with Crippen molar-refractivity contribution in [3.05, 3.63) is 13.8 Å². The molecule has 0 spiro atoms. The highest BCUT2D eigenvalue weighted by molar-refractivity contribution is 14.1. The fraction of sp³-hybridized carbons (Fsp3) is 0.625. The molecule has 9 heteroatoms. The van der Waals surface area contributed by atoms with Crippen LogP contribution in [0.5, 0.6) is 0 Å². The number of alkyl halides is 3. The molecule has 0 radical (unpaired) electrons. The highest BCUT2D eigenvalue weighted by Gasteiger charge is 2.39. The van der Waals surface area contributed by atoms with Gasteiger partial charge in [0.2, 0.25) is 5.91 Å². The summed E-state index contributed by atoms with van der Waals surface area (Å²) in [6, 6.07) is 1.44. The minimum atomic E-state index is -4.56. The SMILES string of the molecule is COC(=O)c1sc(I)cc1N(CC(F)(F)F)C(=O)[C@H]1CC[C@H](C)CC1. The molecule has 4 nitrogen and oxygen atoms in total. The van der Waals surface area contributed by atoms with Crippen molar-refractivity contribution in [2.24, 2.45) is 11.8 Å². The fourth-order valence-electron chi connectivity index (χ4n) is 2.98. The van der Waals surface area contributed by atoms with E-state index in [4.69, 9.17) is 0 Å². The van der Waals surface area contributed by atoms with Gasteiger partial charge in [-0.15, -0.1) is 11.3 Å². The second kappa shape index (κ2) is 8.24. The molecule has 1 fully saturated rings. The molecule has 25 heavy (non-hydrogen) atoms. The van der Waals surface area contributed by atoms with Crippen LogP contribution in [0.1, 0.15) is 42.3 Å². The van der Waals surface area contributed by atoms with Crippen LogP contribution in [0.25, 0.3) is 0 Å². The molecule has 2 rings (SSSR count). The van der Waals surface area contributed by atoms with E-state index in [-0.39, 0.29) is 10.6 Å². The number of methoxy groups -OCH3 is 1. The summed E-state index contributed by atoms with van der Waals surface area (Å²) in [4.78, 5) is 25.5. The van der Waals surface area contributed by atoms with Gasteiger partial charge in [0.25, 0.3) is 0 Å². The number of carbonyl (C=O) groups excluding carboxylic acids is 2. The zero-order valence-electron chi connectivity index (χ0n) is 13.9. The van der Waals surface area contributed by atoms with Gasteiger partial charge in [0.15, 0.2) is 0 Å². The molecule has 0 bridgehead atoms. The Morgan fingerprint density at radius 1 is 1.32 bits per heavy atom. The van der Waals surface area contributed by atoms with E-state index in [9.17, 15) is 22.8 Å². The van der Waals surface area contributed by atoms with E-state index >= 15 is 0 Å². The van der Waals surface area contributed by atoms with Gasteiger partial charge in [0, 0.05) is 5.92 Å². The Hall–Kier alpha value is -0.840. The first-order valence-corrected chi connectivity index (χ1v) is 9.77. The Labute approximate surface area is 161 Å². The third-order valence-corrected chi connectivity index (χ3v) is 6.18. The van der Waals surface area contributed by atoms with Gasteiger partial charge in [0.05, 0.1) is 15.7 Å². The van der Waals surface area contributed by atoms with E-state index in [2.05, 4.69) is 11.7 Å². The van der Waals surface area contributed by atoms with Crippen LogP contribution in [-0.4, -0.2) is 31.7 Å². The summed E-state index contributed by atoms with van der Waals surface area (Å²) in [7, 11) is 1.16. The lowest BCUT2D eigenvalue weighted by molar-refractivity contribution is -0.135. The Kier molecular flexibility index (Phi) is 6.74. The minimum Gasteiger partial charge on any atom is -0.465 e. The van der Waals surface area contributed by atoms with E-state index in [0.29, 0.717) is 26.5 Å². The van der Waals surface area contributed by atoms with Crippen LogP contribution < -0.4 is 4.90 Å². The Morgan fingerprint density at radius 3 is 2.44 bits per heavy atom. The summed E-state index contributed by atoms with van der Waals surface area (Å²) < 4.78 is 44.6. The molecule has 0 atom stereocenters. The van der Waals surface area contributed by atoms with Crippen molar-refractivity contribution in [1.29, 1.82) is 0 Å². The lowest BCUT2D eigenvalue weighted by Crippen LogP contribution is -2.43. The molecule has 0 saturated heterocycles. The van der Waals surface area contributed by atoms with Crippen LogP contribution in [0.4, 0.5) is 18.9 Å². The third kappa shape index (κ3) is 5.32. The van der Waals surface area contributed by atoms with Crippen LogP contribution in [-0.2, 0) is 9.53 Å². The number of hydrogen-bond donors (Lipinski definition) is 0. The molecule has 1 saturated carbocycles. The number of anilines is 1. The fourth-order valence-corrected chi connectivity index (χ4v) is 4.74. The smallest absolute Gasteiger partial charge is 0.406 e. The molecule has 0 N–H and O–H groups in total. The molecule has 0 aromatic carbocycles. The molecular formula is C16H19F3INO3S. The molecular weight excluding hydrogens is 470 g/mol. The number of ether oxygens (including phenoxy) is 1. The quantitative estimate of drug-likeness (QED) is 0.449. The molecule has 1 heterocycles. The van der Waals surface area contributed by atoms with E-state index in [1.165, 1.54) is 6.07 Å². The van der Waals surface area contributed by atoms with Crippen molar-refractivity contribution < 1.29 is 27.5 Å². The van der Waals surface area contributed by atoms with Crippen LogP contribution >= 0.6 is 33.9 Å². The summed E-state index contributed by atoms with van der Waals surface area (Å²) in [5.74, 6) is -1.27. The maximum atomic E-state index is 13.1. The van der Waals surface area contributed by atoms with Crippen molar-refractivity contribution in [2.45, 2.75) is 38.8 Å². The van der Waals surface area contributed by atoms with Crippen molar-refractivity contribution in [2.75, 3.05) is 18.6 Å². The van der Waals surface area contributed by atoms with Gasteiger partial charge >= 0.3 is 12.1 Å². The van der Waals surface area contributed by atoms with Gasteiger partial charge in [-0.2, -0.15) is 13.2 Å². The number of nitrogens with zero attached hydrogens (tertiary/aromatic N) is 1. The van der Waals surface area contributed by atoms with E-state index in [1.807, 2.05) is 22.6 Å². The van der Waals surface area contributed by atoms with Gasteiger partial charge in [-0.05, 0) is 60.3 Å². The monoisotopic (exact) mass is 489 g/mol. The van der Waals surface area contributed by atoms with Gasteiger partial charge < -0.3 is 9.64 Å². The largest absolute Gasteiger partial charge is 0.465 e. The zero-order valence-corrected chi connectivity index (χ0v) is 16.8. The first kappa shape index (κ1) is 20.5. The molecule has 1 aromatic rings. The van der Waals surface area contributed by atoms with Gasteiger partial charge in [-0.3, -0.25) is 4.79 Å². The van der Waals surface area contributed by atoms with Gasteiger partial charge in [0.1, 0.15) is 11.4 Å². The number of halogens is 4. The summed E-state index contributed by atoms with van der Waals surface area (Å²) in [6.45, 7) is 0.666. The van der Waals surface area contributed by atoms with Crippen molar-refractivity contribution in [1.82, 2.24) is 0 Å². The van der Waals surface area contributed by atoms with E-state index < -0.39 is 30.5 Å². The maximum absolute atomic E-state index is 13.1. The molecule has 1 aromatic heterocycles. The number of carbonyl (C=O) groups is 2. The van der Waals surface area contributed by atoms with Crippen LogP contribution in [0.15, 0.2) is 6.07 Å². The highest BCUT2D eigenvalue weighted by atomic mass is 127. The lowest BCUT2D eigenvalue weighted by atomic mass is 9.82. The molecule has 0 unspecified atom stereocenters. The minimum absolute atomic E-state index is 0.0119. The van der Waals surface area contributed by atoms with Crippen molar-refractivity contribution in [3.8, 4) is 0 Å². The second-order valence-electron chi connectivity index (χ2n) is 6.25. The summed E-state index contributed by atoms with van der Waals surface area (Å²) in [6.07, 6.45) is -1.77. The summed E-state index contributed by atoms with van der Waals surface area (Å²) >= 11 is 2.94. The molecule has 0 aliphatic heterocycles. The standard InChI is InChI=1S/C16H19F3INO3S/c1-9-3-5-10(6-4-9)14(22)21(8-16(17,18)19)11-7-12(20)25-13(11)15(23)24-2/h7,9-10H,3-6,8H2,1-2H3/t9-,10-.